The number of nitrogens with zero attached hydrogens (tertiary/aromatic N) is 2. The fourth-order valence-corrected chi connectivity index (χ4v) is 4.07. The quantitative estimate of drug-likeness (QED) is 0.517. The van der Waals surface area contributed by atoms with Crippen LogP contribution in [0.15, 0.2) is 36.0 Å². The van der Waals surface area contributed by atoms with Gasteiger partial charge in [-0.1, -0.05) is 0 Å². The molecule has 0 unspecified atom stereocenters. The molecule has 0 spiro atoms. The van der Waals surface area contributed by atoms with E-state index in [4.69, 9.17) is 9.47 Å². The van der Waals surface area contributed by atoms with Crippen molar-refractivity contribution in [1.29, 1.82) is 0 Å². The molecule has 27 heavy (non-hydrogen) atoms. The third-order valence-electron chi connectivity index (χ3n) is 4.85. The fraction of sp³-hybridized carbons (Fsp3) is 0.389. The maximum atomic E-state index is 10.5. The van der Waals surface area contributed by atoms with Gasteiger partial charge in [0.25, 0.3) is 0 Å². The smallest absolute Gasteiger partial charge is 0.163 e. The average molecular weight is 392 g/mol. The highest BCUT2D eigenvalue weighted by molar-refractivity contribution is 7.13. The number of benzene rings is 1. The topological polar surface area (TPSA) is 117 Å². The summed E-state index contributed by atoms with van der Waals surface area (Å²) in [5.41, 5.74) is 1.56. The molecule has 0 saturated carbocycles. The van der Waals surface area contributed by atoms with E-state index in [0.29, 0.717) is 11.3 Å². The fourth-order valence-electron chi connectivity index (χ4n) is 3.41. The molecular formula is C18H20N2O6S. The van der Waals surface area contributed by atoms with Crippen molar-refractivity contribution >= 4 is 22.2 Å². The Hall–Kier alpha value is -2.01. The number of aromatic nitrogens is 2. The minimum absolute atomic E-state index is 0.483. The molecule has 0 bridgehead atoms. The highest BCUT2D eigenvalue weighted by atomic mass is 32.1. The molecule has 2 aromatic heterocycles. The first-order valence-corrected chi connectivity index (χ1v) is 9.32. The molecule has 4 N–H and O–H groups in total. The lowest BCUT2D eigenvalue weighted by atomic mass is 9.98. The Morgan fingerprint density at radius 3 is 2.70 bits per heavy atom. The predicted octanol–water partition coefficient (Wildman–Crippen LogP) is 0.746. The lowest BCUT2D eigenvalue weighted by molar-refractivity contribution is -0.250. The van der Waals surface area contributed by atoms with Crippen molar-refractivity contribution in [2.75, 3.05) is 13.7 Å². The summed E-state index contributed by atoms with van der Waals surface area (Å²) < 4.78 is 12.7. The number of thiazole rings is 1. The molecule has 4 rings (SSSR count). The van der Waals surface area contributed by atoms with Crippen molar-refractivity contribution in [3.05, 3.63) is 36.0 Å². The van der Waals surface area contributed by atoms with Crippen LogP contribution in [0.4, 0.5) is 0 Å². The highest BCUT2D eigenvalue weighted by Gasteiger charge is 2.44. The van der Waals surface area contributed by atoms with Gasteiger partial charge in [-0.15, -0.1) is 11.3 Å². The number of aliphatic hydroxyl groups is 4. The first kappa shape index (κ1) is 18.4. The molecule has 1 aromatic carbocycles. The average Bonchev–Trinajstić information content (AvgIpc) is 3.34. The number of rotatable bonds is 4. The Bertz CT molecular complexity index is 925. The lowest BCUT2D eigenvalue weighted by Gasteiger charge is -2.40. The van der Waals surface area contributed by atoms with E-state index in [9.17, 15) is 20.4 Å². The summed E-state index contributed by atoms with van der Waals surface area (Å²) in [7, 11) is 1.56. The summed E-state index contributed by atoms with van der Waals surface area (Å²) in [5.74, 6) is 0.622. The van der Waals surface area contributed by atoms with Gasteiger partial charge >= 0.3 is 0 Å². The second-order valence-corrected chi connectivity index (χ2v) is 7.28. The Morgan fingerprint density at radius 1 is 1.22 bits per heavy atom. The molecular weight excluding hydrogens is 372 g/mol. The highest BCUT2D eigenvalue weighted by Crippen LogP contribution is 2.38. The van der Waals surface area contributed by atoms with Gasteiger partial charge < -0.3 is 34.5 Å². The van der Waals surface area contributed by atoms with E-state index in [1.165, 1.54) is 11.3 Å². The molecule has 9 heteroatoms. The maximum absolute atomic E-state index is 10.5. The van der Waals surface area contributed by atoms with Gasteiger partial charge in [-0.2, -0.15) is 0 Å². The van der Waals surface area contributed by atoms with E-state index in [1.54, 1.807) is 30.1 Å². The molecule has 1 aliphatic rings. The van der Waals surface area contributed by atoms with Crippen LogP contribution in [0.1, 0.15) is 6.23 Å². The van der Waals surface area contributed by atoms with Crippen LogP contribution in [-0.2, 0) is 4.74 Å². The van der Waals surface area contributed by atoms with Crippen molar-refractivity contribution in [3.8, 4) is 16.3 Å². The van der Waals surface area contributed by atoms with Crippen molar-refractivity contribution in [3.63, 3.8) is 0 Å². The third-order valence-corrected chi connectivity index (χ3v) is 5.65. The van der Waals surface area contributed by atoms with Crippen LogP contribution >= 0.6 is 11.3 Å². The van der Waals surface area contributed by atoms with E-state index in [1.807, 2.05) is 17.5 Å². The summed E-state index contributed by atoms with van der Waals surface area (Å²) >= 11 is 1.48. The first-order chi connectivity index (χ1) is 13.0. The van der Waals surface area contributed by atoms with Crippen molar-refractivity contribution in [1.82, 2.24) is 9.55 Å². The van der Waals surface area contributed by atoms with Crippen molar-refractivity contribution < 1.29 is 29.9 Å². The van der Waals surface area contributed by atoms with Gasteiger partial charge in [-0.05, 0) is 12.1 Å². The zero-order valence-corrected chi connectivity index (χ0v) is 15.3. The Kier molecular flexibility index (Phi) is 4.89. The van der Waals surface area contributed by atoms with Crippen LogP contribution in [-0.4, -0.2) is 68.1 Å². The van der Waals surface area contributed by atoms with Crippen LogP contribution in [0, 0.1) is 0 Å². The number of ether oxygens (including phenoxy) is 2. The molecule has 144 valence electrons. The second-order valence-electron chi connectivity index (χ2n) is 6.39. The van der Waals surface area contributed by atoms with E-state index in [0.717, 1.165) is 16.0 Å². The van der Waals surface area contributed by atoms with Gasteiger partial charge in [0.1, 0.15) is 35.2 Å². The molecule has 3 heterocycles. The minimum atomic E-state index is -1.45. The number of hydrogen-bond acceptors (Lipinski definition) is 8. The molecule has 1 saturated heterocycles. The monoisotopic (exact) mass is 392 g/mol. The van der Waals surface area contributed by atoms with Gasteiger partial charge in [0.15, 0.2) is 6.23 Å². The van der Waals surface area contributed by atoms with E-state index in [2.05, 4.69) is 4.98 Å². The Morgan fingerprint density at radius 2 is 2.04 bits per heavy atom. The molecule has 1 aliphatic heterocycles. The summed E-state index contributed by atoms with van der Waals surface area (Å²) in [4.78, 5) is 4.36. The maximum Gasteiger partial charge on any atom is 0.163 e. The Labute approximate surface area is 158 Å². The number of aliphatic hydroxyl groups excluding tert-OH is 4. The Balaban J connectivity index is 1.87. The molecule has 8 nitrogen and oxygen atoms in total. The molecule has 3 aromatic rings. The van der Waals surface area contributed by atoms with Gasteiger partial charge in [-0.25, -0.2) is 4.98 Å². The largest absolute Gasteiger partial charge is 0.497 e. The van der Waals surface area contributed by atoms with E-state index < -0.39 is 37.3 Å². The van der Waals surface area contributed by atoms with E-state index >= 15 is 0 Å². The number of hydrogen-bond donors (Lipinski definition) is 4. The van der Waals surface area contributed by atoms with Crippen LogP contribution < -0.4 is 4.74 Å². The lowest BCUT2D eigenvalue weighted by Crippen LogP contribution is -2.56. The summed E-state index contributed by atoms with van der Waals surface area (Å²) in [5, 5.41) is 43.7. The summed E-state index contributed by atoms with van der Waals surface area (Å²) in [6.07, 6.45) is -2.73. The van der Waals surface area contributed by atoms with Crippen LogP contribution in [0.2, 0.25) is 0 Å². The van der Waals surface area contributed by atoms with E-state index in [-0.39, 0.29) is 0 Å². The SMILES string of the molecule is COc1ccc2c(-c3nccs3)cn([C@@H]3O[C@H](CO)[C@@H](O)[C@H](O)[C@H]3O)c2c1. The van der Waals surface area contributed by atoms with Crippen molar-refractivity contribution in [2.24, 2.45) is 0 Å². The van der Waals surface area contributed by atoms with Gasteiger partial charge in [0.05, 0.1) is 19.2 Å². The number of fused-ring (bicyclic) bond motifs is 1. The van der Waals surface area contributed by atoms with Gasteiger partial charge in [0, 0.05) is 34.8 Å². The molecule has 5 atom stereocenters. The van der Waals surface area contributed by atoms with Crippen LogP contribution in [0.5, 0.6) is 5.75 Å². The van der Waals surface area contributed by atoms with Crippen LogP contribution in [0.25, 0.3) is 21.5 Å². The molecule has 0 radical (unpaired) electrons. The van der Waals surface area contributed by atoms with Crippen molar-refractivity contribution in [2.45, 2.75) is 30.6 Å². The molecule has 0 aliphatic carbocycles. The minimum Gasteiger partial charge on any atom is -0.497 e. The standard InChI is InChI=1S/C18H20N2O6S/c1-25-9-2-3-10-11(17-19-4-5-27-17)7-20(12(10)6-9)18-16(24)15(23)14(22)13(8-21)26-18/h2-7,13-16,18,21-24H,8H2,1H3/t13-,14-,15+,16-,18-/m1/s1. The first-order valence-electron chi connectivity index (χ1n) is 8.44. The third kappa shape index (κ3) is 3.02. The van der Waals surface area contributed by atoms with Gasteiger partial charge in [-0.3, -0.25) is 0 Å². The second kappa shape index (κ2) is 7.19. The summed E-state index contributed by atoms with van der Waals surface area (Å²) in [6.45, 7) is -0.483. The van der Waals surface area contributed by atoms with Crippen LogP contribution in [0.3, 0.4) is 0 Å². The predicted molar refractivity (Wildman–Crippen MR) is 98.6 cm³/mol. The molecule has 1 fully saturated rings. The normalized spacial score (nSPS) is 28.6. The molecule has 0 amide bonds. The zero-order valence-electron chi connectivity index (χ0n) is 14.5. The number of methoxy groups -OCH3 is 1. The summed E-state index contributed by atoms with van der Waals surface area (Å²) in [6, 6.07) is 5.52. The van der Waals surface area contributed by atoms with Gasteiger partial charge in [0.2, 0.25) is 0 Å². The zero-order chi connectivity index (χ0) is 19.1.